The normalized spacial score (nSPS) is 10.5. The average Bonchev–Trinajstić information content (AvgIpc) is 3.06. The minimum atomic E-state index is -0.682. The summed E-state index contributed by atoms with van der Waals surface area (Å²) in [6.07, 6.45) is 0. The summed E-state index contributed by atoms with van der Waals surface area (Å²) in [5.41, 5.74) is 1.97. The number of esters is 3. The number of hydrogen-bond donors (Lipinski definition) is 1. The minimum absolute atomic E-state index is 0.0621. The van der Waals surface area contributed by atoms with E-state index in [1.54, 1.807) is 20.8 Å². The number of aryl methyl sites for hydroxylation is 2. The molecule has 0 saturated heterocycles. The van der Waals surface area contributed by atoms with Gasteiger partial charge in [0, 0.05) is 11.4 Å². The number of thioether (sulfide) groups is 1. The second-order valence-electron chi connectivity index (χ2n) is 6.63. The van der Waals surface area contributed by atoms with Gasteiger partial charge in [-0.3, -0.25) is 9.59 Å². The van der Waals surface area contributed by atoms with E-state index in [1.807, 2.05) is 19.9 Å². The van der Waals surface area contributed by atoms with Gasteiger partial charge >= 0.3 is 17.9 Å². The molecule has 178 valence electrons. The van der Waals surface area contributed by atoms with Crippen LogP contribution in [0.1, 0.15) is 50.8 Å². The Labute approximate surface area is 199 Å². The fraction of sp³-hybridized carbons (Fsp3) is 0.429. The number of carbonyl (C=O) groups excluding carboxylic acids is 4. The maximum Gasteiger partial charge on any atom is 0.348 e. The number of anilines is 1. The van der Waals surface area contributed by atoms with Crippen molar-refractivity contribution in [2.24, 2.45) is 0 Å². The van der Waals surface area contributed by atoms with Crippen molar-refractivity contribution in [3.63, 3.8) is 0 Å². The topological polar surface area (TPSA) is 134 Å². The zero-order valence-electron chi connectivity index (χ0n) is 19.0. The Balaban J connectivity index is 2.01. The third-order valence-corrected chi connectivity index (χ3v) is 5.99. The minimum Gasteiger partial charge on any atom is -0.462 e. The van der Waals surface area contributed by atoms with Crippen LogP contribution in [0.3, 0.4) is 0 Å². The van der Waals surface area contributed by atoms with Gasteiger partial charge in [-0.05, 0) is 46.2 Å². The molecule has 0 radical (unpaired) electrons. The van der Waals surface area contributed by atoms with Crippen LogP contribution in [0.15, 0.2) is 11.2 Å². The van der Waals surface area contributed by atoms with Crippen molar-refractivity contribution in [2.45, 2.75) is 39.8 Å². The largest absolute Gasteiger partial charge is 0.462 e. The number of ether oxygens (including phenoxy) is 3. The van der Waals surface area contributed by atoms with Gasteiger partial charge in [0.05, 0.1) is 24.5 Å². The molecule has 0 atom stereocenters. The fourth-order valence-electron chi connectivity index (χ4n) is 2.67. The fourth-order valence-corrected chi connectivity index (χ4v) is 4.53. The Morgan fingerprint density at radius 3 is 2.18 bits per heavy atom. The van der Waals surface area contributed by atoms with Gasteiger partial charge in [0.2, 0.25) is 0 Å². The molecule has 2 heterocycles. The first-order valence-electron chi connectivity index (χ1n) is 10.0. The van der Waals surface area contributed by atoms with Gasteiger partial charge < -0.3 is 19.5 Å². The molecule has 1 amide bonds. The van der Waals surface area contributed by atoms with E-state index in [1.165, 1.54) is 0 Å². The Morgan fingerprint density at radius 1 is 0.970 bits per heavy atom. The molecule has 0 fully saturated rings. The van der Waals surface area contributed by atoms with Crippen LogP contribution in [0, 0.1) is 20.8 Å². The van der Waals surface area contributed by atoms with Crippen LogP contribution in [-0.2, 0) is 23.8 Å². The average molecular weight is 496 g/mol. The van der Waals surface area contributed by atoms with E-state index < -0.39 is 30.4 Å². The molecule has 0 spiro atoms. The molecule has 2 rings (SSSR count). The van der Waals surface area contributed by atoms with Crippen LogP contribution in [0.2, 0.25) is 0 Å². The van der Waals surface area contributed by atoms with Gasteiger partial charge in [-0.15, -0.1) is 11.3 Å². The predicted octanol–water partition coefficient (Wildman–Crippen LogP) is 3.09. The molecule has 10 nitrogen and oxygen atoms in total. The molecule has 0 aliphatic rings. The molecular formula is C21H25N3O7S2. The van der Waals surface area contributed by atoms with Crippen LogP contribution in [-0.4, -0.2) is 59.4 Å². The molecular weight excluding hydrogens is 470 g/mol. The van der Waals surface area contributed by atoms with Gasteiger partial charge in [0.25, 0.3) is 5.91 Å². The van der Waals surface area contributed by atoms with Gasteiger partial charge in [0.1, 0.15) is 9.88 Å². The van der Waals surface area contributed by atoms with Crippen LogP contribution in [0.25, 0.3) is 0 Å². The smallest absolute Gasteiger partial charge is 0.348 e. The van der Waals surface area contributed by atoms with E-state index in [0.717, 1.165) is 34.5 Å². The lowest BCUT2D eigenvalue weighted by Gasteiger charge is -2.08. The number of nitrogens with one attached hydrogen (secondary N) is 1. The third-order valence-electron chi connectivity index (χ3n) is 3.99. The highest BCUT2D eigenvalue weighted by Crippen LogP contribution is 2.34. The first kappa shape index (κ1) is 26.3. The Morgan fingerprint density at radius 2 is 1.58 bits per heavy atom. The molecule has 0 bridgehead atoms. The standard InChI is InChI=1S/C21H25N3O7S2/c1-6-29-19(27)16-13(5)17(20(28)30-7-2)33-18(16)24-14(25)9-31-15(26)10-32-21-22-11(3)8-12(4)23-21/h8H,6-7,9-10H2,1-5H3,(H,24,25). The second kappa shape index (κ2) is 12.3. The summed E-state index contributed by atoms with van der Waals surface area (Å²) in [4.78, 5) is 57.5. The zero-order valence-corrected chi connectivity index (χ0v) is 20.6. The second-order valence-corrected chi connectivity index (χ2v) is 8.60. The summed E-state index contributed by atoms with van der Waals surface area (Å²) >= 11 is 1.99. The monoisotopic (exact) mass is 495 g/mol. The van der Waals surface area contributed by atoms with Crippen molar-refractivity contribution in [1.82, 2.24) is 9.97 Å². The number of amides is 1. The Hall–Kier alpha value is -2.99. The molecule has 0 aliphatic heterocycles. The molecule has 1 N–H and O–H groups in total. The van der Waals surface area contributed by atoms with E-state index in [-0.39, 0.29) is 34.4 Å². The van der Waals surface area contributed by atoms with Gasteiger partial charge in [0.15, 0.2) is 11.8 Å². The first-order chi connectivity index (χ1) is 15.7. The summed E-state index contributed by atoms with van der Waals surface area (Å²) in [5, 5.41) is 3.07. The highest BCUT2D eigenvalue weighted by atomic mass is 32.2. The first-order valence-corrected chi connectivity index (χ1v) is 11.8. The van der Waals surface area contributed by atoms with Crippen molar-refractivity contribution in [3.05, 3.63) is 33.5 Å². The predicted molar refractivity (Wildman–Crippen MR) is 123 cm³/mol. The highest BCUT2D eigenvalue weighted by molar-refractivity contribution is 7.99. The molecule has 12 heteroatoms. The molecule has 2 aromatic heterocycles. The lowest BCUT2D eigenvalue weighted by molar-refractivity contribution is -0.144. The third kappa shape index (κ3) is 7.53. The maximum absolute atomic E-state index is 12.4. The molecule has 0 aromatic carbocycles. The molecule has 2 aromatic rings. The van der Waals surface area contributed by atoms with E-state index in [0.29, 0.717) is 10.7 Å². The van der Waals surface area contributed by atoms with E-state index in [4.69, 9.17) is 14.2 Å². The summed E-state index contributed by atoms with van der Waals surface area (Å²) in [6.45, 7) is 8.23. The maximum atomic E-state index is 12.4. The van der Waals surface area contributed by atoms with Gasteiger partial charge in [-0.2, -0.15) is 0 Å². The molecule has 0 saturated carbocycles. The Kier molecular flexibility index (Phi) is 9.79. The summed E-state index contributed by atoms with van der Waals surface area (Å²) in [5.74, 6) is -2.66. The number of rotatable bonds is 10. The van der Waals surface area contributed by atoms with E-state index in [2.05, 4.69) is 15.3 Å². The van der Waals surface area contributed by atoms with Gasteiger partial charge in [-0.25, -0.2) is 19.6 Å². The van der Waals surface area contributed by atoms with Gasteiger partial charge in [-0.1, -0.05) is 11.8 Å². The number of thiophene rings is 1. The van der Waals surface area contributed by atoms with E-state index in [9.17, 15) is 19.2 Å². The van der Waals surface area contributed by atoms with Crippen molar-refractivity contribution < 1.29 is 33.4 Å². The van der Waals surface area contributed by atoms with Crippen LogP contribution >= 0.6 is 23.1 Å². The summed E-state index contributed by atoms with van der Waals surface area (Å²) in [7, 11) is 0. The van der Waals surface area contributed by atoms with Crippen molar-refractivity contribution in [3.8, 4) is 0 Å². The zero-order chi connectivity index (χ0) is 24.5. The quantitative estimate of drug-likeness (QED) is 0.227. The molecule has 33 heavy (non-hydrogen) atoms. The highest BCUT2D eigenvalue weighted by Gasteiger charge is 2.27. The van der Waals surface area contributed by atoms with Crippen molar-refractivity contribution in [1.29, 1.82) is 0 Å². The number of aromatic nitrogens is 2. The molecule has 0 unspecified atom stereocenters. The lowest BCUT2D eigenvalue weighted by Crippen LogP contribution is -2.22. The summed E-state index contributed by atoms with van der Waals surface area (Å²) < 4.78 is 15.0. The van der Waals surface area contributed by atoms with Crippen LogP contribution < -0.4 is 5.32 Å². The number of hydrogen-bond acceptors (Lipinski definition) is 11. The summed E-state index contributed by atoms with van der Waals surface area (Å²) in [6, 6.07) is 1.82. The Bertz CT molecular complexity index is 1030. The van der Waals surface area contributed by atoms with Crippen LogP contribution in [0.5, 0.6) is 0 Å². The van der Waals surface area contributed by atoms with Crippen molar-refractivity contribution >= 4 is 51.9 Å². The molecule has 0 aliphatic carbocycles. The van der Waals surface area contributed by atoms with Crippen LogP contribution in [0.4, 0.5) is 5.00 Å². The SMILES string of the molecule is CCOC(=O)c1sc(NC(=O)COC(=O)CSc2nc(C)cc(C)n2)c(C(=O)OCC)c1C. The van der Waals surface area contributed by atoms with E-state index >= 15 is 0 Å². The lowest BCUT2D eigenvalue weighted by atomic mass is 10.1. The number of carbonyl (C=O) groups is 4. The van der Waals surface area contributed by atoms with Crippen molar-refractivity contribution in [2.75, 3.05) is 30.9 Å². The number of nitrogens with zero attached hydrogens (tertiary/aromatic N) is 2.